The van der Waals surface area contributed by atoms with Crippen LogP contribution in [0.2, 0.25) is 0 Å². The highest BCUT2D eigenvalue weighted by molar-refractivity contribution is 6.02. The maximum Gasteiger partial charge on any atom is 0.247 e. The lowest BCUT2D eigenvalue weighted by Crippen LogP contribution is -2.09. The second-order valence-electron chi connectivity index (χ2n) is 6.26. The first kappa shape index (κ1) is 21.1. The Morgan fingerprint density at radius 1 is 1.14 bits per heavy atom. The molecule has 0 atom stereocenters. The van der Waals surface area contributed by atoms with Gasteiger partial charge >= 0.3 is 0 Å². The normalized spacial score (nSPS) is 10.0. The van der Waals surface area contributed by atoms with Gasteiger partial charge in [-0.15, -0.1) is 12.3 Å². The van der Waals surface area contributed by atoms with Crippen LogP contribution in [-0.2, 0) is 4.79 Å². The predicted molar refractivity (Wildman–Crippen MR) is 115 cm³/mol. The van der Waals surface area contributed by atoms with Gasteiger partial charge in [0.1, 0.15) is 11.5 Å². The topological polar surface area (TPSA) is 47.6 Å². The van der Waals surface area contributed by atoms with E-state index in [0.717, 1.165) is 36.1 Å². The number of para-hydroxylation sites is 1. The molecular weight excluding hydrogens is 350 g/mol. The Bertz CT molecular complexity index is 836. The molecule has 2 aromatic carbocycles. The van der Waals surface area contributed by atoms with E-state index in [1.54, 1.807) is 0 Å². The van der Waals surface area contributed by atoms with Gasteiger partial charge in [-0.1, -0.05) is 38.1 Å². The van der Waals surface area contributed by atoms with Crippen LogP contribution in [0.3, 0.4) is 0 Å². The standard InChI is InChI=1S/C24H27NO3/c1-4-7-11-17-27-19-14-15-22(25-24(26)6-3)21(18-19)20-12-9-10-13-23(20)28-16-8-5-2/h1,6,9-10,12-15,18H,3,5,7-8,11,16-17H2,2H3,(H,25,26). The number of unbranched alkanes of at least 4 members (excludes halogenated alkanes) is 2. The van der Waals surface area contributed by atoms with Crippen LogP contribution in [0.1, 0.15) is 32.6 Å². The molecule has 28 heavy (non-hydrogen) atoms. The van der Waals surface area contributed by atoms with Gasteiger partial charge in [-0.3, -0.25) is 4.79 Å². The van der Waals surface area contributed by atoms with Crippen LogP contribution < -0.4 is 14.8 Å². The summed E-state index contributed by atoms with van der Waals surface area (Å²) >= 11 is 0. The molecular formula is C24H27NO3. The van der Waals surface area contributed by atoms with Crippen molar-refractivity contribution in [2.24, 2.45) is 0 Å². The van der Waals surface area contributed by atoms with Gasteiger partial charge in [-0.25, -0.2) is 0 Å². The zero-order valence-electron chi connectivity index (χ0n) is 16.4. The average molecular weight is 377 g/mol. The molecule has 0 spiro atoms. The number of carbonyl (C=O) groups is 1. The van der Waals surface area contributed by atoms with E-state index in [2.05, 4.69) is 24.7 Å². The lowest BCUT2D eigenvalue weighted by Gasteiger charge is -2.16. The molecule has 0 aliphatic heterocycles. The summed E-state index contributed by atoms with van der Waals surface area (Å²) in [5.74, 6) is 3.82. The predicted octanol–water partition coefficient (Wildman–Crippen LogP) is 5.45. The van der Waals surface area contributed by atoms with E-state index >= 15 is 0 Å². The minimum Gasteiger partial charge on any atom is -0.494 e. The van der Waals surface area contributed by atoms with Crippen molar-refractivity contribution in [3.63, 3.8) is 0 Å². The van der Waals surface area contributed by atoms with Gasteiger partial charge in [0.15, 0.2) is 0 Å². The van der Waals surface area contributed by atoms with Crippen molar-refractivity contribution in [3.05, 3.63) is 55.1 Å². The number of amides is 1. The minimum absolute atomic E-state index is 0.270. The van der Waals surface area contributed by atoms with Crippen molar-refractivity contribution in [1.82, 2.24) is 0 Å². The van der Waals surface area contributed by atoms with Gasteiger partial charge in [-0.05, 0) is 43.2 Å². The summed E-state index contributed by atoms with van der Waals surface area (Å²) in [5.41, 5.74) is 2.40. The van der Waals surface area contributed by atoms with Crippen LogP contribution in [0.25, 0.3) is 11.1 Å². The molecule has 146 valence electrons. The van der Waals surface area contributed by atoms with Crippen molar-refractivity contribution in [2.75, 3.05) is 18.5 Å². The fourth-order valence-corrected chi connectivity index (χ4v) is 2.63. The molecule has 0 fully saturated rings. The quantitative estimate of drug-likeness (QED) is 0.322. The molecule has 0 heterocycles. The van der Waals surface area contributed by atoms with Gasteiger partial charge in [-0.2, -0.15) is 0 Å². The van der Waals surface area contributed by atoms with Gasteiger partial charge in [0.05, 0.1) is 13.2 Å². The summed E-state index contributed by atoms with van der Waals surface area (Å²) in [4.78, 5) is 11.9. The zero-order chi connectivity index (χ0) is 20.2. The highest BCUT2D eigenvalue weighted by atomic mass is 16.5. The van der Waals surface area contributed by atoms with E-state index in [4.69, 9.17) is 15.9 Å². The summed E-state index contributed by atoms with van der Waals surface area (Å²) in [6.45, 7) is 6.83. The first-order valence-electron chi connectivity index (χ1n) is 9.55. The Balaban J connectivity index is 2.36. The third-order valence-electron chi connectivity index (χ3n) is 4.10. The number of benzene rings is 2. The molecule has 0 saturated heterocycles. The van der Waals surface area contributed by atoms with Crippen LogP contribution in [0.5, 0.6) is 11.5 Å². The molecule has 1 N–H and O–H groups in total. The fraction of sp³-hybridized carbons (Fsp3) is 0.292. The Morgan fingerprint density at radius 2 is 1.93 bits per heavy atom. The summed E-state index contributed by atoms with van der Waals surface area (Å²) < 4.78 is 11.8. The van der Waals surface area contributed by atoms with Gasteiger partial charge < -0.3 is 14.8 Å². The molecule has 1 amide bonds. The third-order valence-corrected chi connectivity index (χ3v) is 4.10. The van der Waals surface area contributed by atoms with Crippen LogP contribution in [0.15, 0.2) is 55.1 Å². The van der Waals surface area contributed by atoms with Crippen LogP contribution in [0.4, 0.5) is 5.69 Å². The third kappa shape index (κ3) is 6.21. The second-order valence-corrected chi connectivity index (χ2v) is 6.26. The molecule has 0 aliphatic rings. The highest BCUT2D eigenvalue weighted by Crippen LogP contribution is 2.37. The number of rotatable bonds is 11. The smallest absolute Gasteiger partial charge is 0.247 e. The molecule has 0 bridgehead atoms. The van der Waals surface area contributed by atoms with E-state index in [0.29, 0.717) is 31.1 Å². The number of anilines is 1. The Morgan fingerprint density at radius 3 is 2.68 bits per heavy atom. The van der Waals surface area contributed by atoms with E-state index in [9.17, 15) is 4.79 Å². The Kier molecular flexibility index (Phi) is 8.68. The number of carbonyl (C=O) groups excluding carboxylic acids is 1. The fourth-order valence-electron chi connectivity index (χ4n) is 2.63. The number of hydrogen-bond donors (Lipinski definition) is 1. The maximum atomic E-state index is 11.9. The first-order chi connectivity index (χ1) is 13.7. The van der Waals surface area contributed by atoms with Crippen molar-refractivity contribution in [3.8, 4) is 35.0 Å². The van der Waals surface area contributed by atoms with E-state index in [1.165, 1.54) is 6.08 Å². The van der Waals surface area contributed by atoms with Crippen molar-refractivity contribution in [1.29, 1.82) is 0 Å². The number of hydrogen-bond acceptors (Lipinski definition) is 3. The van der Waals surface area contributed by atoms with Crippen LogP contribution >= 0.6 is 0 Å². The number of ether oxygens (including phenoxy) is 2. The van der Waals surface area contributed by atoms with Crippen LogP contribution in [-0.4, -0.2) is 19.1 Å². The van der Waals surface area contributed by atoms with Gasteiger partial charge in [0.25, 0.3) is 0 Å². The summed E-state index contributed by atoms with van der Waals surface area (Å²) in [6, 6.07) is 13.4. The highest BCUT2D eigenvalue weighted by Gasteiger charge is 2.13. The van der Waals surface area contributed by atoms with E-state index in [1.807, 2.05) is 42.5 Å². The minimum atomic E-state index is -0.270. The number of terminal acetylenes is 1. The zero-order valence-corrected chi connectivity index (χ0v) is 16.4. The SMILES string of the molecule is C#CCCCOc1ccc(NC(=O)C=C)c(-c2ccccc2OCCCC)c1. The first-order valence-corrected chi connectivity index (χ1v) is 9.55. The molecule has 0 radical (unpaired) electrons. The van der Waals surface area contributed by atoms with Crippen molar-refractivity contribution < 1.29 is 14.3 Å². The molecule has 2 aromatic rings. The van der Waals surface area contributed by atoms with Crippen LogP contribution in [0, 0.1) is 12.3 Å². The number of nitrogens with one attached hydrogen (secondary N) is 1. The van der Waals surface area contributed by atoms with Gasteiger partial charge in [0, 0.05) is 23.2 Å². The summed E-state index contributed by atoms with van der Waals surface area (Å²) in [6.07, 6.45) is 10.0. The van der Waals surface area contributed by atoms with Gasteiger partial charge in [0.2, 0.25) is 5.91 Å². The molecule has 0 aromatic heterocycles. The molecule has 0 saturated carbocycles. The lowest BCUT2D eigenvalue weighted by molar-refractivity contribution is -0.111. The van der Waals surface area contributed by atoms with Crippen molar-refractivity contribution >= 4 is 11.6 Å². The molecule has 0 aliphatic carbocycles. The monoisotopic (exact) mass is 377 g/mol. The Hall–Kier alpha value is -3.19. The molecule has 2 rings (SSSR count). The average Bonchev–Trinajstić information content (AvgIpc) is 2.72. The largest absolute Gasteiger partial charge is 0.494 e. The van der Waals surface area contributed by atoms with Crippen molar-refractivity contribution in [2.45, 2.75) is 32.6 Å². The lowest BCUT2D eigenvalue weighted by atomic mass is 10.0. The summed E-state index contributed by atoms with van der Waals surface area (Å²) in [5, 5.41) is 2.86. The van der Waals surface area contributed by atoms with E-state index in [-0.39, 0.29) is 5.91 Å². The maximum absolute atomic E-state index is 11.9. The summed E-state index contributed by atoms with van der Waals surface area (Å²) in [7, 11) is 0. The second kappa shape index (κ2) is 11.5. The van der Waals surface area contributed by atoms with E-state index < -0.39 is 0 Å². The molecule has 4 nitrogen and oxygen atoms in total. The Labute approximate surface area is 167 Å². The molecule has 4 heteroatoms. The molecule has 0 unspecified atom stereocenters.